The smallest absolute Gasteiger partial charge is 0.287 e. The first-order chi connectivity index (χ1) is 11.2. The number of carbonyl (C=O) groups excluding carboxylic acids is 1. The largest absolute Gasteiger partial charge is 0.455 e. The lowest BCUT2D eigenvalue weighted by atomic mass is 10.1. The van der Waals surface area contributed by atoms with Gasteiger partial charge in [0.05, 0.1) is 0 Å². The van der Waals surface area contributed by atoms with Crippen LogP contribution in [0.1, 0.15) is 21.9 Å². The van der Waals surface area contributed by atoms with Crippen molar-refractivity contribution in [1.82, 2.24) is 9.62 Å². The summed E-state index contributed by atoms with van der Waals surface area (Å²) in [6.07, 6.45) is 0.633. The Labute approximate surface area is 153 Å². The number of nitrogens with two attached hydrogens (primary N) is 1. The van der Waals surface area contributed by atoms with Crippen molar-refractivity contribution in [2.75, 3.05) is 26.4 Å². The molecule has 2 rings (SSSR count). The number of benzene rings is 1. The van der Waals surface area contributed by atoms with Crippen molar-refractivity contribution in [1.29, 1.82) is 0 Å². The molecule has 0 atom stereocenters. The van der Waals surface area contributed by atoms with E-state index in [1.807, 2.05) is 12.1 Å². The third-order valence-corrected chi connectivity index (χ3v) is 5.46. The third kappa shape index (κ3) is 4.97. The normalized spacial score (nSPS) is 11.2. The van der Waals surface area contributed by atoms with Crippen molar-refractivity contribution in [3.63, 3.8) is 0 Å². The van der Waals surface area contributed by atoms with E-state index in [2.05, 4.69) is 5.32 Å². The van der Waals surface area contributed by atoms with Crippen LogP contribution in [0.15, 0.2) is 39.6 Å². The number of aryl methyl sites for hydroxylation is 1. The molecule has 25 heavy (non-hydrogen) atoms. The van der Waals surface area contributed by atoms with Crippen LogP contribution in [0, 0.1) is 6.92 Å². The Kier molecular flexibility index (Phi) is 7.04. The molecule has 2 aromatic rings. The molecule has 0 aliphatic rings. The highest BCUT2D eigenvalue weighted by atomic mass is 35.5. The minimum Gasteiger partial charge on any atom is -0.455 e. The molecule has 0 aliphatic heterocycles. The van der Waals surface area contributed by atoms with Crippen LogP contribution in [-0.2, 0) is 16.4 Å². The number of hydrogen-bond donors (Lipinski definition) is 2. The van der Waals surface area contributed by atoms with Crippen molar-refractivity contribution >= 4 is 34.0 Å². The number of hydrogen-bond acceptors (Lipinski definition) is 5. The lowest BCUT2D eigenvalue weighted by Gasteiger charge is -2.09. The molecule has 9 heteroatoms. The van der Waals surface area contributed by atoms with Crippen LogP contribution in [0.2, 0.25) is 0 Å². The molecule has 0 saturated heterocycles. The summed E-state index contributed by atoms with van der Waals surface area (Å²) in [7, 11) is -0.791. The Balaban J connectivity index is 0.00000312. The second kappa shape index (κ2) is 8.37. The number of nitrogens with zero attached hydrogens (tertiary/aromatic N) is 1. The zero-order valence-electron chi connectivity index (χ0n) is 14.3. The van der Waals surface area contributed by atoms with Crippen LogP contribution < -0.4 is 11.1 Å². The van der Waals surface area contributed by atoms with Crippen LogP contribution in [0.3, 0.4) is 0 Å². The molecular formula is C16H22ClN3O4S. The van der Waals surface area contributed by atoms with Gasteiger partial charge in [-0.25, -0.2) is 12.7 Å². The Morgan fingerprint density at radius 3 is 2.40 bits per heavy atom. The summed E-state index contributed by atoms with van der Waals surface area (Å²) in [5.41, 5.74) is 7.34. The number of rotatable bonds is 6. The summed E-state index contributed by atoms with van der Waals surface area (Å²) in [4.78, 5) is 12.1. The van der Waals surface area contributed by atoms with E-state index in [1.165, 1.54) is 27.1 Å². The molecule has 0 aliphatic carbocycles. The fraction of sp³-hybridized carbons (Fsp3) is 0.312. The minimum atomic E-state index is -3.64. The molecule has 1 heterocycles. The molecule has 0 saturated carbocycles. The zero-order chi connectivity index (χ0) is 17.9. The number of halogens is 1. The second-order valence-electron chi connectivity index (χ2n) is 5.57. The van der Waals surface area contributed by atoms with E-state index in [-0.39, 0.29) is 28.8 Å². The first-order valence-corrected chi connectivity index (χ1v) is 8.81. The van der Waals surface area contributed by atoms with Gasteiger partial charge < -0.3 is 15.5 Å². The minimum absolute atomic E-state index is 0. The van der Waals surface area contributed by atoms with Crippen LogP contribution in [-0.4, -0.2) is 39.3 Å². The van der Waals surface area contributed by atoms with Gasteiger partial charge in [-0.2, -0.15) is 0 Å². The van der Waals surface area contributed by atoms with Gasteiger partial charge in [0, 0.05) is 32.4 Å². The van der Waals surface area contributed by atoms with Gasteiger partial charge in [-0.1, -0.05) is 12.1 Å². The summed E-state index contributed by atoms with van der Waals surface area (Å²) in [6.45, 7) is 1.92. The number of nitrogens with one attached hydrogen (secondary N) is 1. The topological polar surface area (TPSA) is 106 Å². The average molecular weight is 388 g/mol. The average Bonchev–Trinajstić information content (AvgIpc) is 2.91. The fourth-order valence-corrected chi connectivity index (χ4v) is 3.18. The van der Waals surface area contributed by atoms with Gasteiger partial charge in [-0.3, -0.25) is 4.79 Å². The van der Waals surface area contributed by atoms with E-state index in [9.17, 15) is 13.2 Å². The summed E-state index contributed by atoms with van der Waals surface area (Å²) >= 11 is 0. The number of carbonyl (C=O) groups is 1. The van der Waals surface area contributed by atoms with Crippen LogP contribution in [0.5, 0.6) is 0 Å². The third-order valence-electron chi connectivity index (χ3n) is 3.53. The van der Waals surface area contributed by atoms with Gasteiger partial charge in [0.15, 0.2) is 5.76 Å². The maximum atomic E-state index is 12.1. The highest BCUT2D eigenvalue weighted by Crippen LogP contribution is 2.22. The zero-order valence-corrected chi connectivity index (χ0v) is 15.9. The predicted molar refractivity (Wildman–Crippen MR) is 98.5 cm³/mol. The number of anilines is 1. The molecule has 0 radical (unpaired) electrons. The van der Waals surface area contributed by atoms with Crippen molar-refractivity contribution in [2.45, 2.75) is 18.2 Å². The van der Waals surface area contributed by atoms with E-state index < -0.39 is 15.9 Å². The van der Waals surface area contributed by atoms with Gasteiger partial charge in [0.2, 0.25) is 10.0 Å². The van der Waals surface area contributed by atoms with Gasteiger partial charge >= 0.3 is 0 Å². The van der Waals surface area contributed by atoms with Gasteiger partial charge in [0.1, 0.15) is 10.7 Å². The van der Waals surface area contributed by atoms with Crippen LogP contribution in [0.25, 0.3) is 0 Å². The highest BCUT2D eigenvalue weighted by Gasteiger charge is 2.25. The molecule has 0 spiro atoms. The quantitative estimate of drug-likeness (QED) is 0.735. The summed E-state index contributed by atoms with van der Waals surface area (Å²) in [5.74, 6) is -0.286. The van der Waals surface area contributed by atoms with E-state index in [1.54, 1.807) is 12.1 Å². The molecular weight excluding hydrogens is 366 g/mol. The summed E-state index contributed by atoms with van der Waals surface area (Å²) in [5, 5.41) is 2.71. The first kappa shape index (κ1) is 21.0. The molecule has 0 bridgehead atoms. The SMILES string of the molecule is Cc1oc(C(=O)NCCc2ccc(N)cc2)cc1S(=O)(=O)N(C)C.Cl. The van der Waals surface area contributed by atoms with Crippen molar-refractivity contribution in [2.24, 2.45) is 0 Å². The van der Waals surface area contributed by atoms with Crippen LogP contribution in [0.4, 0.5) is 5.69 Å². The van der Waals surface area contributed by atoms with Gasteiger partial charge in [-0.05, 0) is 31.0 Å². The summed E-state index contributed by atoms with van der Waals surface area (Å²) < 4.78 is 30.7. The van der Waals surface area contributed by atoms with Gasteiger partial charge in [0.25, 0.3) is 5.91 Å². The molecule has 1 aromatic heterocycles. The number of furan rings is 1. The lowest BCUT2D eigenvalue weighted by Crippen LogP contribution is -2.25. The van der Waals surface area contributed by atoms with Crippen molar-refractivity contribution in [3.8, 4) is 0 Å². The Bertz CT molecular complexity index is 830. The number of sulfonamides is 1. The lowest BCUT2D eigenvalue weighted by molar-refractivity contribution is 0.0925. The number of amides is 1. The second-order valence-corrected chi connectivity index (χ2v) is 7.69. The number of nitrogen functional groups attached to an aromatic ring is 1. The maximum Gasteiger partial charge on any atom is 0.287 e. The summed E-state index contributed by atoms with van der Waals surface area (Å²) in [6, 6.07) is 8.63. The maximum absolute atomic E-state index is 12.1. The van der Waals surface area contributed by atoms with Crippen molar-refractivity contribution in [3.05, 3.63) is 47.4 Å². The fourth-order valence-electron chi connectivity index (χ4n) is 2.12. The molecule has 0 fully saturated rings. The van der Waals surface area contributed by atoms with E-state index in [0.717, 1.165) is 9.87 Å². The van der Waals surface area contributed by atoms with E-state index in [4.69, 9.17) is 10.2 Å². The molecule has 7 nitrogen and oxygen atoms in total. The van der Waals surface area contributed by atoms with Gasteiger partial charge in [-0.15, -0.1) is 12.4 Å². The Hall–Kier alpha value is -2.03. The van der Waals surface area contributed by atoms with E-state index >= 15 is 0 Å². The highest BCUT2D eigenvalue weighted by molar-refractivity contribution is 7.89. The Morgan fingerprint density at radius 1 is 1.24 bits per heavy atom. The molecule has 1 amide bonds. The first-order valence-electron chi connectivity index (χ1n) is 7.37. The van der Waals surface area contributed by atoms with E-state index in [0.29, 0.717) is 18.7 Å². The molecule has 0 unspecified atom stereocenters. The Morgan fingerprint density at radius 2 is 1.84 bits per heavy atom. The predicted octanol–water partition coefficient (Wildman–Crippen LogP) is 1.81. The molecule has 1 aromatic carbocycles. The standard InChI is InChI=1S/C16H21N3O4S.ClH/c1-11-15(24(21,22)19(2)3)10-14(23-11)16(20)18-9-8-12-4-6-13(17)7-5-12;/h4-7,10H,8-9,17H2,1-3H3,(H,18,20);1H. The van der Waals surface area contributed by atoms with Crippen LogP contribution >= 0.6 is 12.4 Å². The monoisotopic (exact) mass is 387 g/mol. The molecule has 3 N–H and O–H groups in total. The van der Waals surface area contributed by atoms with Crippen molar-refractivity contribution < 1.29 is 17.6 Å². The molecule has 138 valence electrons.